The second-order valence-corrected chi connectivity index (χ2v) is 11.5. The van der Waals surface area contributed by atoms with Gasteiger partial charge in [0.05, 0.1) is 25.5 Å². The van der Waals surface area contributed by atoms with Crippen LogP contribution in [-0.4, -0.2) is 43.2 Å². The maximum atomic E-state index is 6.57. The Morgan fingerprint density at radius 1 is 0.438 bits per heavy atom. The third-order valence-corrected chi connectivity index (χ3v) is 8.40. The molecule has 0 N–H and O–H groups in total. The van der Waals surface area contributed by atoms with Crippen molar-refractivity contribution >= 4 is 21.5 Å². The number of hydrogen-bond donors (Lipinski definition) is 0. The second-order valence-electron chi connectivity index (χ2n) is 11.5. The summed E-state index contributed by atoms with van der Waals surface area (Å²) in [5.74, 6) is 1.56. The van der Waals surface area contributed by atoms with E-state index in [0.29, 0.717) is 26.3 Å². The van der Waals surface area contributed by atoms with Gasteiger partial charge in [-0.15, -0.1) is 10.2 Å². The van der Waals surface area contributed by atoms with Crippen molar-refractivity contribution in [3.05, 3.63) is 146 Å². The van der Waals surface area contributed by atoms with Crippen LogP contribution >= 0.6 is 0 Å². The molecule has 6 aromatic carbocycles. The SMILES string of the molecule is c1ccc(-c2cn(CCOc3ccc4ccccc4c3-c3c(OCCn4cc(-c5ccccc5)nn4)ccc4ccccc34)nn2)cc1. The predicted octanol–water partition coefficient (Wildman–Crippen LogP) is 8.34. The number of rotatable bonds is 11. The van der Waals surface area contributed by atoms with Crippen LogP contribution in [0.25, 0.3) is 55.2 Å². The summed E-state index contributed by atoms with van der Waals surface area (Å²) in [4.78, 5) is 0. The summed E-state index contributed by atoms with van der Waals surface area (Å²) < 4.78 is 16.8. The van der Waals surface area contributed by atoms with Gasteiger partial charge < -0.3 is 9.47 Å². The van der Waals surface area contributed by atoms with E-state index in [4.69, 9.17) is 9.47 Å². The van der Waals surface area contributed by atoms with E-state index < -0.39 is 0 Å². The number of fused-ring (bicyclic) bond motifs is 2. The Kier molecular flexibility index (Phi) is 8.02. The molecular formula is C40H32N6O2. The van der Waals surface area contributed by atoms with Gasteiger partial charge in [-0.3, -0.25) is 0 Å². The predicted molar refractivity (Wildman–Crippen MR) is 189 cm³/mol. The molecule has 8 nitrogen and oxygen atoms in total. The molecule has 0 spiro atoms. The minimum Gasteiger partial charge on any atom is -0.491 e. The summed E-state index contributed by atoms with van der Waals surface area (Å²) in [5.41, 5.74) is 5.73. The summed E-state index contributed by atoms with van der Waals surface area (Å²) in [6.07, 6.45) is 3.91. The molecular weight excluding hydrogens is 596 g/mol. The average molecular weight is 629 g/mol. The van der Waals surface area contributed by atoms with Gasteiger partial charge in [0.2, 0.25) is 0 Å². The van der Waals surface area contributed by atoms with Crippen LogP contribution in [-0.2, 0) is 13.1 Å². The van der Waals surface area contributed by atoms with Gasteiger partial charge in [-0.25, -0.2) is 9.36 Å². The fraction of sp³-hybridized carbons (Fsp3) is 0.100. The maximum Gasteiger partial charge on any atom is 0.128 e. The fourth-order valence-electron chi connectivity index (χ4n) is 6.06. The minimum atomic E-state index is 0.417. The zero-order valence-electron chi connectivity index (χ0n) is 26.2. The highest BCUT2D eigenvalue weighted by Gasteiger charge is 2.19. The molecule has 0 aliphatic heterocycles. The smallest absolute Gasteiger partial charge is 0.128 e. The van der Waals surface area contributed by atoms with E-state index >= 15 is 0 Å². The summed E-state index contributed by atoms with van der Waals surface area (Å²) in [6.45, 7) is 1.93. The van der Waals surface area contributed by atoms with E-state index in [1.54, 1.807) is 0 Å². The van der Waals surface area contributed by atoms with Gasteiger partial charge in [0.1, 0.15) is 36.1 Å². The van der Waals surface area contributed by atoms with Gasteiger partial charge in [0.15, 0.2) is 0 Å². The van der Waals surface area contributed by atoms with Crippen molar-refractivity contribution in [3.63, 3.8) is 0 Å². The number of hydrogen-bond acceptors (Lipinski definition) is 6. The number of aromatic nitrogens is 6. The van der Waals surface area contributed by atoms with Gasteiger partial charge in [-0.05, 0) is 33.7 Å². The molecule has 2 aromatic heterocycles. The summed E-state index contributed by atoms with van der Waals surface area (Å²) >= 11 is 0. The first kappa shape index (κ1) is 29.1. The van der Waals surface area contributed by atoms with Gasteiger partial charge >= 0.3 is 0 Å². The zero-order chi connectivity index (χ0) is 32.1. The first-order valence-electron chi connectivity index (χ1n) is 16.0. The highest BCUT2D eigenvalue weighted by molar-refractivity contribution is 6.09. The summed E-state index contributed by atoms with van der Waals surface area (Å²) in [5, 5.41) is 21.8. The van der Waals surface area contributed by atoms with Crippen LogP contribution in [0, 0.1) is 0 Å². The van der Waals surface area contributed by atoms with Crippen molar-refractivity contribution in [1.29, 1.82) is 0 Å². The van der Waals surface area contributed by atoms with Gasteiger partial charge in [-0.2, -0.15) is 0 Å². The highest BCUT2D eigenvalue weighted by Crippen LogP contribution is 2.45. The Morgan fingerprint density at radius 2 is 0.854 bits per heavy atom. The van der Waals surface area contributed by atoms with Crippen molar-refractivity contribution < 1.29 is 9.47 Å². The van der Waals surface area contributed by atoms with Crippen LogP contribution in [0.2, 0.25) is 0 Å². The number of benzene rings is 6. The molecule has 0 radical (unpaired) electrons. The van der Waals surface area contributed by atoms with Crippen LogP contribution in [0.1, 0.15) is 0 Å². The van der Waals surface area contributed by atoms with Gasteiger partial charge in [-0.1, -0.05) is 132 Å². The molecule has 0 unspecified atom stereocenters. The summed E-state index contributed by atoms with van der Waals surface area (Å²) in [7, 11) is 0. The van der Waals surface area contributed by atoms with E-state index in [1.165, 1.54) is 0 Å². The first-order valence-corrected chi connectivity index (χ1v) is 16.0. The van der Waals surface area contributed by atoms with Crippen molar-refractivity contribution in [3.8, 4) is 45.1 Å². The third kappa shape index (κ3) is 5.99. The van der Waals surface area contributed by atoms with Crippen LogP contribution in [0.3, 0.4) is 0 Å². The second kappa shape index (κ2) is 13.2. The molecule has 0 aliphatic rings. The lowest BCUT2D eigenvalue weighted by Gasteiger charge is -2.20. The maximum absolute atomic E-state index is 6.57. The Labute approximate surface area is 277 Å². The molecule has 8 rings (SSSR count). The van der Waals surface area contributed by atoms with E-state index in [1.807, 2.05) is 82.4 Å². The number of ether oxygens (including phenoxy) is 2. The Balaban J connectivity index is 1.10. The monoisotopic (exact) mass is 628 g/mol. The Hall–Kier alpha value is -6.28. The van der Waals surface area contributed by atoms with Crippen molar-refractivity contribution in [1.82, 2.24) is 30.0 Å². The van der Waals surface area contributed by atoms with Gasteiger partial charge in [0, 0.05) is 22.3 Å². The van der Waals surface area contributed by atoms with Crippen molar-refractivity contribution in [2.45, 2.75) is 13.1 Å². The summed E-state index contributed by atoms with van der Waals surface area (Å²) in [6, 6.07) is 45.2. The molecule has 0 saturated heterocycles. The number of nitrogens with zero attached hydrogens (tertiary/aromatic N) is 6. The lowest BCUT2D eigenvalue weighted by molar-refractivity contribution is 0.287. The molecule has 2 heterocycles. The molecule has 8 aromatic rings. The van der Waals surface area contributed by atoms with Crippen LogP contribution in [0.5, 0.6) is 11.5 Å². The molecule has 8 heteroatoms. The van der Waals surface area contributed by atoms with Crippen LogP contribution in [0.15, 0.2) is 146 Å². The molecule has 48 heavy (non-hydrogen) atoms. The quantitative estimate of drug-likeness (QED) is 0.143. The van der Waals surface area contributed by atoms with E-state index in [9.17, 15) is 0 Å². The molecule has 0 bridgehead atoms. The van der Waals surface area contributed by atoms with Crippen molar-refractivity contribution in [2.24, 2.45) is 0 Å². The molecule has 234 valence electrons. The Morgan fingerprint density at radius 3 is 1.31 bits per heavy atom. The largest absolute Gasteiger partial charge is 0.491 e. The first-order chi connectivity index (χ1) is 23.8. The standard InChI is InChI=1S/C40H32N6O2/c1-3-13-31(14-4-1)35-27-45(43-41-35)23-25-47-37-21-19-29-11-7-9-17-33(29)39(37)40-34-18-10-8-12-30(34)20-22-38(40)48-26-24-46-28-36(42-44-46)32-15-5-2-6-16-32/h1-22,27-28H,23-26H2. The highest BCUT2D eigenvalue weighted by atomic mass is 16.5. The molecule has 0 amide bonds. The molecule has 0 aliphatic carbocycles. The topological polar surface area (TPSA) is 79.9 Å². The Bertz CT molecular complexity index is 2150. The molecule has 0 atom stereocenters. The third-order valence-electron chi connectivity index (χ3n) is 8.40. The van der Waals surface area contributed by atoms with E-state index in [0.717, 1.165) is 66.7 Å². The van der Waals surface area contributed by atoms with E-state index in [-0.39, 0.29) is 0 Å². The van der Waals surface area contributed by atoms with Crippen molar-refractivity contribution in [2.75, 3.05) is 13.2 Å². The average Bonchev–Trinajstić information content (AvgIpc) is 3.83. The zero-order valence-corrected chi connectivity index (χ0v) is 26.2. The minimum absolute atomic E-state index is 0.417. The van der Waals surface area contributed by atoms with E-state index in [2.05, 4.69) is 93.4 Å². The van der Waals surface area contributed by atoms with Crippen LogP contribution < -0.4 is 9.47 Å². The lowest BCUT2D eigenvalue weighted by Crippen LogP contribution is -2.10. The molecule has 0 fully saturated rings. The normalized spacial score (nSPS) is 11.2. The van der Waals surface area contributed by atoms with Gasteiger partial charge in [0.25, 0.3) is 0 Å². The fourth-order valence-corrected chi connectivity index (χ4v) is 6.06. The van der Waals surface area contributed by atoms with Crippen LogP contribution in [0.4, 0.5) is 0 Å². The lowest BCUT2D eigenvalue weighted by atomic mass is 9.92. The molecule has 0 saturated carbocycles.